The summed E-state index contributed by atoms with van der Waals surface area (Å²) in [4.78, 5) is 13.5. The van der Waals surface area contributed by atoms with Crippen molar-refractivity contribution in [2.24, 2.45) is 0 Å². The first-order chi connectivity index (χ1) is 12.1. The molecule has 1 unspecified atom stereocenters. The zero-order valence-corrected chi connectivity index (χ0v) is 14.9. The van der Waals surface area contributed by atoms with E-state index in [0.717, 1.165) is 30.2 Å². The number of nitrogens with one attached hydrogen (secondary N) is 2. The summed E-state index contributed by atoms with van der Waals surface area (Å²) in [7, 11) is 3.29. The minimum absolute atomic E-state index is 0.0298. The van der Waals surface area contributed by atoms with E-state index in [1.54, 1.807) is 20.5 Å². The van der Waals surface area contributed by atoms with Gasteiger partial charge in [-0.3, -0.25) is 4.79 Å². The van der Waals surface area contributed by atoms with Crippen LogP contribution in [-0.2, 0) is 17.8 Å². The number of rotatable bonds is 6. The molecule has 2 N–H and O–H groups in total. The second-order valence-corrected chi connectivity index (χ2v) is 6.32. The van der Waals surface area contributed by atoms with Gasteiger partial charge in [-0.2, -0.15) is 0 Å². The Morgan fingerprint density at radius 1 is 1.32 bits per heavy atom. The van der Waals surface area contributed by atoms with Crippen molar-refractivity contribution in [3.63, 3.8) is 0 Å². The van der Waals surface area contributed by atoms with Crippen LogP contribution in [0.25, 0.3) is 0 Å². The molecule has 0 saturated heterocycles. The number of fused-ring (bicyclic) bond motifs is 1. The number of ether oxygens (including phenoxy) is 2. The Morgan fingerprint density at radius 3 is 2.76 bits per heavy atom. The first kappa shape index (κ1) is 17.4. The van der Waals surface area contributed by atoms with Crippen LogP contribution in [0, 0.1) is 0 Å². The molecule has 2 aromatic rings. The van der Waals surface area contributed by atoms with Crippen molar-refractivity contribution in [1.82, 2.24) is 5.32 Å². The van der Waals surface area contributed by atoms with Crippen molar-refractivity contribution in [3.05, 3.63) is 47.4 Å². The third kappa shape index (κ3) is 3.79. The second-order valence-electron chi connectivity index (χ2n) is 6.32. The summed E-state index contributed by atoms with van der Waals surface area (Å²) in [5, 5.41) is 2.92. The van der Waals surface area contributed by atoms with Crippen molar-refractivity contribution in [2.75, 3.05) is 27.3 Å². The van der Waals surface area contributed by atoms with E-state index in [1.807, 2.05) is 18.2 Å². The minimum atomic E-state index is 0.0298. The quantitative estimate of drug-likeness (QED) is 0.823. The number of carbonyl (C=O) groups excluding carboxylic acids is 1. The zero-order chi connectivity index (χ0) is 17.8. The maximum atomic E-state index is 12.3. The molecule has 0 fully saturated rings. The molecular weight excluding hydrogens is 320 g/mol. The predicted molar refractivity (Wildman–Crippen MR) is 92.9 cm³/mol. The topological polar surface area (TPSA) is 65.1 Å². The summed E-state index contributed by atoms with van der Waals surface area (Å²) in [5.74, 6) is 2.28. The lowest BCUT2D eigenvalue weighted by Gasteiger charge is -2.32. The van der Waals surface area contributed by atoms with E-state index in [0.29, 0.717) is 13.1 Å². The Labute approximate surface area is 147 Å². The van der Waals surface area contributed by atoms with E-state index >= 15 is 0 Å². The fourth-order valence-corrected chi connectivity index (χ4v) is 3.40. The van der Waals surface area contributed by atoms with Crippen molar-refractivity contribution in [1.29, 1.82) is 0 Å². The van der Waals surface area contributed by atoms with Crippen LogP contribution in [0.4, 0.5) is 0 Å². The average molecular weight is 345 g/mol. The van der Waals surface area contributed by atoms with Gasteiger partial charge in [0.1, 0.15) is 11.8 Å². The van der Waals surface area contributed by atoms with Crippen LogP contribution in [0.15, 0.2) is 34.9 Å². The molecule has 25 heavy (non-hydrogen) atoms. The number of amides is 1. The number of hydrogen-bond donors (Lipinski definition) is 2. The Kier molecular flexibility index (Phi) is 5.28. The molecule has 1 aromatic carbocycles. The number of furan rings is 1. The first-order valence-electron chi connectivity index (χ1n) is 8.50. The molecule has 2 heterocycles. The zero-order valence-electron chi connectivity index (χ0n) is 14.9. The predicted octanol–water partition coefficient (Wildman–Crippen LogP) is 1.12. The molecule has 0 radical (unpaired) electrons. The molecule has 0 aliphatic carbocycles. The normalized spacial score (nSPS) is 19.2. The van der Waals surface area contributed by atoms with Gasteiger partial charge in [0.05, 0.1) is 33.6 Å². The van der Waals surface area contributed by atoms with E-state index in [-0.39, 0.29) is 11.9 Å². The number of benzene rings is 1. The Bertz CT molecular complexity index is 727. The third-order valence-electron chi connectivity index (χ3n) is 4.87. The van der Waals surface area contributed by atoms with Gasteiger partial charge in [-0.05, 0) is 36.8 Å². The molecule has 6 heteroatoms. The molecular formula is C19H25N2O4+. The summed E-state index contributed by atoms with van der Waals surface area (Å²) < 4.78 is 16.1. The molecule has 1 amide bonds. The van der Waals surface area contributed by atoms with Crippen molar-refractivity contribution < 1.29 is 23.6 Å². The van der Waals surface area contributed by atoms with Gasteiger partial charge in [-0.1, -0.05) is 0 Å². The van der Waals surface area contributed by atoms with E-state index in [9.17, 15) is 4.79 Å². The molecule has 1 aliphatic rings. The highest BCUT2D eigenvalue weighted by Crippen LogP contribution is 2.33. The first-order valence-corrected chi connectivity index (χ1v) is 8.50. The average Bonchev–Trinajstić information content (AvgIpc) is 3.15. The monoisotopic (exact) mass is 345 g/mol. The van der Waals surface area contributed by atoms with E-state index < -0.39 is 0 Å². The fourth-order valence-electron chi connectivity index (χ4n) is 3.40. The maximum absolute atomic E-state index is 12.3. The van der Waals surface area contributed by atoms with Crippen LogP contribution in [0.2, 0.25) is 0 Å². The molecule has 1 aromatic heterocycles. The highest BCUT2D eigenvalue weighted by Gasteiger charge is 2.30. The van der Waals surface area contributed by atoms with E-state index in [4.69, 9.17) is 13.9 Å². The largest absolute Gasteiger partial charge is 0.493 e. The van der Waals surface area contributed by atoms with Crippen LogP contribution >= 0.6 is 0 Å². The van der Waals surface area contributed by atoms with Gasteiger partial charge in [-0.15, -0.1) is 0 Å². The summed E-state index contributed by atoms with van der Waals surface area (Å²) in [6, 6.07) is 7.99. The molecule has 1 aliphatic heterocycles. The van der Waals surface area contributed by atoms with Crippen molar-refractivity contribution in [3.8, 4) is 11.5 Å². The SMILES string of the molecule is COc1cc2c(cc1OC)[C@H](C)[NH+](CC(=O)NCc1ccco1)CC2. The highest BCUT2D eigenvalue weighted by molar-refractivity contribution is 5.76. The van der Waals surface area contributed by atoms with Gasteiger partial charge in [0, 0.05) is 12.0 Å². The molecule has 6 nitrogen and oxygen atoms in total. The smallest absolute Gasteiger partial charge is 0.275 e. The standard InChI is InChI=1S/C19H24N2O4/c1-13-16-10-18(24-3)17(23-2)9-14(16)6-7-21(13)12-19(22)20-11-15-5-4-8-25-15/h4-5,8-10,13H,6-7,11-12H2,1-3H3,(H,20,22)/p+1/t13-/m0/s1. The summed E-state index contributed by atoms with van der Waals surface area (Å²) in [5.41, 5.74) is 2.49. The minimum Gasteiger partial charge on any atom is -0.493 e. The lowest BCUT2D eigenvalue weighted by Crippen LogP contribution is -3.14. The van der Waals surface area contributed by atoms with Crippen molar-refractivity contribution >= 4 is 5.91 Å². The third-order valence-corrected chi connectivity index (χ3v) is 4.87. The lowest BCUT2D eigenvalue weighted by atomic mass is 9.93. The molecule has 134 valence electrons. The van der Waals surface area contributed by atoms with Crippen molar-refractivity contribution in [2.45, 2.75) is 25.9 Å². The molecule has 0 spiro atoms. The number of hydrogen-bond acceptors (Lipinski definition) is 4. The Balaban J connectivity index is 1.66. The number of methoxy groups -OCH3 is 2. The van der Waals surface area contributed by atoms with Crippen LogP contribution in [0.5, 0.6) is 11.5 Å². The molecule has 0 bridgehead atoms. The van der Waals surface area contributed by atoms with E-state index in [2.05, 4.69) is 18.3 Å². The van der Waals surface area contributed by atoms with Crippen LogP contribution in [0.1, 0.15) is 29.9 Å². The molecule has 3 rings (SSSR count). The number of carbonyl (C=O) groups is 1. The van der Waals surface area contributed by atoms with Crippen LogP contribution in [-0.4, -0.2) is 33.2 Å². The molecule has 0 saturated carbocycles. The second kappa shape index (κ2) is 7.61. The summed E-state index contributed by atoms with van der Waals surface area (Å²) in [6.45, 7) is 3.93. The lowest BCUT2D eigenvalue weighted by molar-refractivity contribution is -0.924. The fraction of sp³-hybridized carbons (Fsp3) is 0.421. The van der Waals surface area contributed by atoms with Crippen LogP contribution in [0.3, 0.4) is 0 Å². The van der Waals surface area contributed by atoms with Gasteiger partial charge in [-0.25, -0.2) is 0 Å². The molecule has 2 atom stereocenters. The van der Waals surface area contributed by atoms with Gasteiger partial charge >= 0.3 is 0 Å². The maximum Gasteiger partial charge on any atom is 0.275 e. The summed E-state index contributed by atoms with van der Waals surface area (Å²) in [6.07, 6.45) is 2.53. The van der Waals surface area contributed by atoms with Gasteiger partial charge < -0.3 is 24.1 Å². The van der Waals surface area contributed by atoms with Gasteiger partial charge in [0.15, 0.2) is 18.0 Å². The number of quaternary nitrogens is 1. The Hall–Kier alpha value is -2.47. The summed E-state index contributed by atoms with van der Waals surface area (Å²) >= 11 is 0. The highest BCUT2D eigenvalue weighted by atomic mass is 16.5. The van der Waals surface area contributed by atoms with Gasteiger partial charge in [0.2, 0.25) is 0 Å². The Morgan fingerprint density at radius 2 is 2.08 bits per heavy atom. The van der Waals surface area contributed by atoms with E-state index in [1.165, 1.54) is 16.0 Å². The van der Waals surface area contributed by atoms with Gasteiger partial charge in [0.25, 0.3) is 5.91 Å². The van der Waals surface area contributed by atoms with Crippen LogP contribution < -0.4 is 19.7 Å².